The Morgan fingerprint density at radius 3 is 2.55 bits per heavy atom. The maximum Gasteiger partial charge on any atom is 0.315 e. The predicted octanol–water partition coefficient (Wildman–Crippen LogP) is 1.46. The molecular weight excluding hydrogens is 260 g/mol. The summed E-state index contributed by atoms with van der Waals surface area (Å²) in [5, 5.41) is 14.8. The lowest BCUT2D eigenvalue weighted by Crippen LogP contribution is -2.53. The molecule has 0 saturated carbocycles. The van der Waals surface area contributed by atoms with Gasteiger partial charge in [0.2, 0.25) is 0 Å². The first-order valence-corrected chi connectivity index (χ1v) is 6.95. The lowest BCUT2D eigenvalue weighted by molar-refractivity contribution is -0.148. The third kappa shape index (κ3) is 3.62. The van der Waals surface area contributed by atoms with E-state index >= 15 is 0 Å². The fourth-order valence-electron chi connectivity index (χ4n) is 1.81. The van der Waals surface area contributed by atoms with E-state index in [0.717, 1.165) is 0 Å². The number of ether oxygens (including phenoxy) is 1. The van der Waals surface area contributed by atoms with Gasteiger partial charge < -0.3 is 20.5 Å². The predicted molar refractivity (Wildman–Crippen MR) is 75.5 cm³/mol. The highest BCUT2D eigenvalue weighted by Gasteiger charge is 2.47. The Hall–Kier alpha value is -1.30. The van der Waals surface area contributed by atoms with Crippen molar-refractivity contribution in [2.45, 2.75) is 40.7 Å². The van der Waals surface area contributed by atoms with Crippen LogP contribution >= 0.6 is 0 Å². The Bertz CT molecular complexity index is 381. The summed E-state index contributed by atoms with van der Waals surface area (Å²) in [6.45, 7) is 10.8. The molecule has 0 aromatic rings. The van der Waals surface area contributed by atoms with Gasteiger partial charge in [-0.05, 0) is 18.3 Å². The maximum absolute atomic E-state index is 11.9. The first kappa shape index (κ1) is 16.8. The van der Waals surface area contributed by atoms with Crippen LogP contribution in [0.15, 0.2) is 0 Å². The van der Waals surface area contributed by atoms with E-state index in [2.05, 4.69) is 38.3 Å². The van der Waals surface area contributed by atoms with Crippen LogP contribution in [0.5, 0.6) is 0 Å². The summed E-state index contributed by atoms with van der Waals surface area (Å²) in [5.41, 5.74) is -1.08. The molecule has 0 aromatic heterocycles. The van der Waals surface area contributed by atoms with E-state index in [1.165, 1.54) is 0 Å². The largest absolute Gasteiger partial charge is 0.481 e. The average Bonchev–Trinajstić information content (AvgIpc) is 2.70. The smallest absolute Gasteiger partial charge is 0.315 e. The molecule has 2 amide bonds. The summed E-state index contributed by atoms with van der Waals surface area (Å²) in [6.07, 6.45) is 0. The van der Waals surface area contributed by atoms with Crippen LogP contribution in [0, 0.1) is 16.7 Å². The molecule has 1 aliphatic heterocycles. The molecule has 20 heavy (non-hydrogen) atoms. The van der Waals surface area contributed by atoms with Crippen molar-refractivity contribution < 1.29 is 19.4 Å². The minimum absolute atomic E-state index is 0.0143. The zero-order chi connectivity index (χ0) is 15.6. The highest BCUT2D eigenvalue weighted by Crippen LogP contribution is 2.29. The van der Waals surface area contributed by atoms with Crippen LogP contribution in [0.2, 0.25) is 0 Å². The van der Waals surface area contributed by atoms with Crippen molar-refractivity contribution in [2.75, 3.05) is 19.8 Å². The standard InChI is InChI=1S/C14H26N2O4/c1-9(2)13(3,4)7-15-12(19)16-10-6-20-8-14(10,5)11(17)18/h9-10H,6-8H2,1-5H3,(H,17,18)(H2,15,16,19). The number of nitrogens with one attached hydrogen (secondary N) is 2. The molecule has 1 heterocycles. The number of carboxylic acids is 1. The summed E-state index contributed by atoms with van der Waals surface area (Å²) in [6, 6.07) is -0.858. The maximum atomic E-state index is 11.9. The summed E-state index contributed by atoms with van der Waals surface area (Å²) in [5.74, 6) is -0.523. The molecule has 1 fully saturated rings. The molecule has 1 aliphatic rings. The van der Waals surface area contributed by atoms with Crippen molar-refractivity contribution in [3.05, 3.63) is 0 Å². The number of carbonyl (C=O) groups is 2. The monoisotopic (exact) mass is 286 g/mol. The highest BCUT2D eigenvalue weighted by atomic mass is 16.5. The number of hydrogen-bond acceptors (Lipinski definition) is 3. The van der Waals surface area contributed by atoms with Crippen LogP contribution in [0.3, 0.4) is 0 Å². The summed E-state index contributed by atoms with van der Waals surface area (Å²) in [7, 11) is 0. The lowest BCUT2D eigenvalue weighted by Gasteiger charge is -2.30. The Kier molecular flexibility index (Phi) is 5.02. The van der Waals surface area contributed by atoms with Gasteiger partial charge in [-0.3, -0.25) is 4.79 Å². The number of amides is 2. The van der Waals surface area contributed by atoms with E-state index in [1.807, 2.05) is 0 Å². The third-order valence-corrected chi connectivity index (χ3v) is 4.52. The minimum Gasteiger partial charge on any atom is -0.481 e. The Labute approximate surface area is 120 Å². The molecule has 0 aromatic carbocycles. The Morgan fingerprint density at radius 1 is 1.45 bits per heavy atom. The highest BCUT2D eigenvalue weighted by molar-refractivity contribution is 5.79. The lowest BCUT2D eigenvalue weighted by atomic mass is 9.81. The van der Waals surface area contributed by atoms with Gasteiger partial charge in [-0.25, -0.2) is 4.79 Å². The third-order valence-electron chi connectivity index (χ3n) is 4.52. The fourth-order valence-corrected chi connectivity index (χ4v) is 1.81. The number of carboxylic acid groups (broad SMARTS) is 1. The van der Waals surface area contributed by atoms with Crippen molar-refractivity contribution in [1.29, 1.82) is 0 Å². The van der Waals surface area contributed by atoms with Crippen LogP contribution < -0.4 is 10.6 Å². The van der Waals surface area contributed by atoms with Crippen LogP contribution in [0.25, 0.3) is 0 Å². The van der Waals surface area contributed by atoms with Gasteiger partial charge >= 0.3 is 12.0 Å². The molecule has 0 radical (unpaired) electrons. The van der Waals surface area contributed by atoms with E-state index in [4.69, 9.17) is 4.74 Å². The van der Waals surface area contributed by atoms with E-state index in [1.54, 1.807) is 6.92 Å². The van der Waals surface area contributed by atoms with Gasteiger partial charge in [0, 0.05) is 6.54 Å². The van der Waals surface area contributed by atoms with Gasteiger partial charge in [0.25, 0.3) is 0 Å². The van der Waals surface area contributed by atoms with Gasteiger partial charge in [-0.1, -0.05) is 27.7 Å². The Morgan fingerprint density at radius 2 is 2.05 bits per heavy atom. The van der Waals surface area contributed by atoms with Crippen LogP contribution in [-0.4, -0.2) is 42.9 Å². The van der Waals surface area contributed by atoms with E-state index in [0.29, 0.717) is 12.5 Å². The van der Waals surface area contributed by atoms with Gasteiger partial charge in [0.1, 0.15) is 5.41 Å². The van der Waals surface area contributed by atoms with Crippen LogP contribution in [0.4, 0.5) is 4.79 Å². The molecule has 0 spiro atoms. The number of hydrogen-bond donors (Lipinski definition) is 3. The topological polar surface area (TPSA) is 87.7 Å². The summed E-state index contributed by atoms with van der Waals surface area (Å²) < 4.78 is 5.20. The average molecular weight is 286 g/mol. The summed E-state index contributed by atoms with van der Waals surface area (Å²) in [4.78, 5) is 23.2. The second kappa shape index (κ2) is 5.99. The molecule has 6 heteroatoms. The first-order chi connectivity index (χ1) is 9.09. The van der Waals surface area contributed by atoms with Gasteiger partial charge in [-0.2, -0.15) is 0 Å². The number of urea groups is 1. The summed E-state index contributed by atoms with van der Waals surface area (Å²) >= 11 is 0. The number of rotatable bonds is 5. The number of carbonyl (C=O) groups excluding carboxylic acids is 1. The zero-order valence-corrected chi connectivity index (χ0v) is 12.9. The molecule has 1 saturated heterocycles. The number of aliphatic carboxylic acids is 1. The van der Waals surface area contributed by atoms with E-state index < -0.39 is 17.4 Å². The fraction of sp³-hybridized carbons (Fsp3) is 0.857. The molecule has 116 valence electrons. The molecule has 1 rings (SSSR count). The molecule has 2 unspecified atom stereocenters. The van der Waals surface area contributed by atoms with Crippen molar-refractivity contribution >= 4 is 12.0 Å². The second-order valence-electron chi connectivity index (χ2n) is 6.76. The van der Waals surface area contributed by atoms with E-state index in [-0.39, 0.29) is 24.7 Å². The quantitative estimate of drug-likeness (QED) is 0.714. The van der Waals surface area contributed by atoms with Gasteiger partial charge in [-0.15, -0.1) is 0 Å². The molecule has 3 N–H and O–H groups in total. The van der Waals surface area contributed by atoms with E-state index in [9.17, 15) is 14.7 Å². The van der Waals surface area contributed by atoms with Crippen LogP contribution in [0.1, 0.15) is 34.6 Å². The van der Waals surface area contributed by atoms with Crippen molar-refractivity contribution in [3.8, 4) is 0 Å². The Balaban J connectivity index is 2.53. The van der Waals surface area contributed by atoms with Gasteiger partial charge in [0.15, 0.2) is 0 Å². The molecule has 0 aliphatic carbocycles. The SMILES string of the molecule is CC(C)C(C)(C)CNC(=O)NC1COCC1(C)C(=O)O. The van der Waals surface area contributed by atoms with Gasteiger partial charge in [0.05, 0.1) is 19.3 Å². The first-order valence-electron chi connectivity index (χ1n) is 6.95. The zero-order valence-electron chi connectivity index (χ0n) is 12.9. The second-order valence-corrected chi connectivity index (χ2v) is 6.76. The van der Waals surface area contributed by atoms with Crippen molar-refractivity contribution in [1.82, 2.24) is 10.6 Å². The van der Waals surface area contributed by atoms with Crippen molar-refractivity contribution in [2.24, 2.45) is 16.7 Å². The molecular formula is C14H26N2O4. The minimum atomic E-state index is -1.06. The molecule has 2 atom stereocenters. The molecule has 0 bridgehead atoms. The molecule has 6 nitrogen and oxygen atoms in total. The van der Waals surface area contributed by atoms with Crippen molar-refractivity contribution in [3.63, 3.8) is 0 Å². The van der Waals surface area contributed by atoms with Crippen LogP contribution in [-0.2, 0) is 9.53 Å². The normalized spacial score (nSPS) is 26.6.